The summed E-state index contributed by atoms with van der Waals surface area (Å²) in [6, 6.07) is 0. The van der Waals surface area contributed by atoms with Gasteiger partial charge in [0.1, 0.15) is 0 Å². The van der Waals surface area contributed by atoms with Gasteiger partial charge in [0.25, 0.3) is 0 Å². The molecule has 0 atom stereocenters. The summed E-state index contributed by atoms with van der Waals surface area (Å²) in [5, 5.41) is 6.37. The molecule has 5 nitrogen and oxygen atoms in total. The first-order chi connectivity index (χ1) is 8.22. The van der Waals surface area contributed by atoms with Gasteiger partial charge >= 0.3 is 0 Å². The summed E-state index contributed by atoms with van der Waals surface area (Å²) < 4.78 is 0. The lowest BCUT2D eigenvalue weighted by molar-refractivity contribution is -0.115. The summed E-state index contributed by atoms with van der Waals surface area (Å²) in [5.41, 5.74) is 1.15. The lowest BCUT2D eigenvalue weighted by Crippen LogP contribution is -2.29. The molecule has 2 N–H and O–H groups in total. The van der Waals surface area contributed by atoms with Crippen molar-refractivity contribution < 1.29 is 4.79 Å². The van der Waals surface area contributed by atoms with Crippen LogP contribution in [0.25, 0.3) is 0 Å². The molecule has 0 radical (unpaired) electrons. The van der Waals surface area contributed by atoms with Crippen LogP contribution >= 0.6 is 23.7 Å². The van der Waals surface area contributed by atoms with E-state index in [4.69, 9.17) is 0 Å². The summed E-state index contributed by atoms with van der Waals surface area (Å²) in [7, 11) is 1.76. The predicted octanol–water partition coefficient (Wildman–Crippen LogP) is 1.10. The predicted molar refractivity (Wildman–Crippen MR) is 76.6 cm³/mol. The first-order valence-corrected chi connectivity index (χ1v) is 6.70. The van der Waals surface area contributed by atoms with Crippen LogP contribution in [-0.4, -0.2) is 42.5 Å². The highest BCUT2D eigenvalue weighted by molar-refractivity contribution is 7.15. The molecule has 1 aliphatic rings. The number of hydrogen-bond acceptors (Lipinski definition) is 5. The van der Waals surface area contributed by atoms with Gasteiger partial charge < -0.3 is 10.6 Å². The number of halogens is 1. The van der Waals surface area contributed by atoms with Crippen LogP contribution < -0.4 is 10.6 Å². The Balaban J connectivity index is 0.00000162. The molecule has 18 heavy (non-hydrogen) atoms. The fraction of sp³-hybridized carbons (Fsp3) is 0.636. The minimum Gasteiger partial charge on any atom is -0.311 e. The van der Waals surface area contributed by atoms with Crippen LogP contribution in [0.15, 0.2) is 0 Å². The van der Waals surface area contributed by atoms with E-state index in [9.17, 15) is 4.79 Å². The van der Waals surface area contributed by atoms with Crippen molar-refractivity contribution in [1.82, 2.24) is 15.2 Å². The van der Waals surface area contributed by atoms with Gasteiger partial charge in [-0.15, -0.1) is 23.7 Å². The fourth-order valence-corrected chi connectivity index (χ4v) is 2.96. The van der Waals surface area contributed by atoms with Crippen LogP contribution in [0.1, 0.15) is 17.5 Å². The zero-order valence-corrected chi connectivity index (χ0v) is 12.3. The van der Waals surface area contributed by atoms with Gasteiger partial charge in [-0.3, -0.25) is 9.69 Å². The van der Waals surface area contributed by atoms with Crippen molar-refractivity contribution in [1.29, 1.82) is 0 Å². The number of thiazole rings is 1. The van der Waals surface area contributed by atoms with Crippen LogP contribution in [0.3, 0.4) is 0 Å². The minimum absolute atomic E-state index is 0. The number of rotatable bonds is 4. The van der Waals surface area contributed by atoms with E-state index in [0.29, 0.717) is 6.54 Å². The topological polar surface area (TPSA) is 57.3 Å². The Bertz CT molecular complexity index is 410. The smallest absolute Gasteiger partial charge is 0.240 e. The van der Waals surface area contributed by atoms with Gasteiger partial charge in [0.2, 0.25) is 5.91 Å². The monoisotopic (exact) mass is 290 g/mol. The molecule has 0 spiro atoms. The number of nitrogens with one attached hydrogen (secondary N) is 2. The highest BCUT2D eigenvalue weighted by Gasteiger charge is 2.20. The van der Waals surface area contributed by atoms with Crippen molar-refractivity contribution in [3.05, 3.63) is 10.6 Å². The molecule has 0 fully saturated rings. The van der Waals surface area contributed by atoms with Gasteiger partial charge in [-0.25, -0.2) is 4.98 Å². The van der Waals surface area contributed by atoms with Crippen molar-refractivity contribution in [3.8, 4) is 0 Å². The van der Waals surface area contributed by atoms with E-state index in [2.05, 4.69) is 27.4 Å². The van der Waals surface area contributed by atoms with E-state index in [1.165, 1.54) is 4.88 Å². The van der Waals surface area contributed by atoms with E-state index >= 15 is 0 Å². The number of fused-ring (bicyclic) bond motifs is 1. The second-order valence-corrected chi connectivity index (χ2v) is 5.17. The van der Waals surface area contributed by atoms with Gasteiger partial charge in [-0.05, 0) is 13.6 Å². The van der Waals surface area contributed by atoms with E-state index < -0.39 is 0 Å². The lowest BCUT2D eigenvalue weighted by atomic mass is 10.2. The number of hydrogen-bond donors (Lipinski definition) is 2. The highest BCUT2D eigenvalue weighted by atomic mass is 35.5. The molecular weight excluding hydrogens is 272 g/mol. The molecule has 0 aromatic carbocycles. The number of amides is 1. The van der Waals surface area contributed by atoms with Gasteiger partial charge in [0.15, 0.2) is 5.13 Å². The minimum atomic E-state index is -0.0362. The number of carbonyl (C=O) groups is 1. The van der Waals surface area contributed by atoms with Gasteiger partial charge in [-0.2, -0.15) is 0 Å². The normalized spacial score (nSPS) is 14.8. The Labute approximate surface area is 117 Å². The standard InChI is InChI=1S/C11H18N4OS.ClH/c1-3-15-5-4-8-9(7-15)17-11(13-8)14-10(16)6-12-2;/h12H,3-7H2,1-2H3,(H,13,14,16);1H. The largest absolute Gasteiger partial charge is 0.311 e. The maximum Gasteiger partial charge on any atom is 0.240 e. The average Bonchev–Trinajstić information content (AvgIpc) is 2.69. The molecule has 2 rings (SSSR count). The average molecular weight is 291 g/mol. The summed E-state index contributed by atoms with van der Waals surface area (Å²) in [4.78, 5) is 19.6. The number of anilines is 1. The van der Waals surface area contributed by atoms with Crippen molar-refractivity contribution in [2.24, 2.45) is 0 Å². The van der Waals surface area contributed by atoms with E-state index in [1.807, 2.05) is 0 Å². The Hall–Kier alpha value is -0.690. The third kappa shape index (κ3) is 3.65. The zero-order valence-electron chi connectivity index (χ0n) is 10.7. The first kappa shape index (κ1) is 15.4. The van der Waals surface area contributed by atoms with E-state index in [-0.39, 0.29) is 18.3 Å². The van der Waals surface area contributed by atoms with Gasteiger partial charge in [0, 0.05) is 24.4 Å². The van der Waals surface area contributed by atoms with Crippen molar-refractivity contribution in [2.75, 3.05) is 32.0 Å². The third-order valence-electron chi connectivity index (χ3n) is 2.84. The lowest BCUT2D eigenvalue weighted by Gasteiger charge is -2.23. The van der Waals surface area contributed by atoms with Gasteiger partial charge in [0.05, 0.1) is 12.2 Å². The van der Waals surface area contributed by atoms with Crippen LogP contribution in [0.2, 0.25) is 0 Å². The molecule has 1 aromatic rings. The second-order valence-electron chi connectivity index (χ2n) is 4.09. The van der Waals surface area contributed by atoms with Crippen LogP contribution in [0, 0.1) is 0 Å². The second kappa shape index (κ2) is 7.04. The molecule has 0 aliphatic carbocycles. The molecule has 2 heterocycles. The maximum atomic E-state index is 11.4. The number of carbonyl (C=O) groups excluding carboxylic acids is 1. The molecule has 0 saturated heterocycles. The summed E-state index contributed by atoms with van der Waals surface area (Å²) >= 11 is 1.60. The van der Waals surface area contributed by atoms with Crippen LogP contribution in [0.5, 0.6) is 0 Å². The summed E-state index contributed by atoms with van der Waals surface area (Å²) in [6.07, 6.45) is 0.988. The van der Waals surface area contributed by atoms with Gasteiger partial charge in [-0.1, -0.05) is 6.92 Å². The quantitative estimate of drug-likeness (QED) is 0.872. The number of aromatic nitrogens is 1. The highest BCUT2D eigenvalue weighted by Crippen LogP contribution is 2.27. The SMILES string of the molecule is CCN1CCc2nc(NC(=O)CNC)sc2C1.Cl. The molecule has 1 aliphatic heterocycles. The number of nitrogens with zero attached hydrogens (tertiary/aromatic N) is 2. The third-order valence-corrected chi connectivity index (χ3v) is 3.84. The summed E-state index contributed by atoms with van der Waals surface area (Å²) in [6.45, 7) is 5.59. The molecular formula is C11H19ClN4OS. The molecule has 0 bridgehead atoms. The molecule has 0 unspecified atom stereocenters. The van der Waals surface area contributed by atoms with Crippen LogP contribution in [-0.2, 0) is 17.8 Å². The van der Waals surface area contributed by atoms with Crippen molar-refractivity contribution in [3.63, 3.8) is 0 Å². The van der Waals surface area contributed by atoms with Crippen molar-refractivity contribution in [2.45, 2.75) is 19.9 Å². The molecule has 1 aromatic heterocycles. The maximum absolute atomic E-state index is 11.4. The molecule has 1 amide bonds. The summed E-state index contributed by atoms with van der Waals surface area (Å²) in [5.74, 6) is -0.0362. The fourth-order valence-electron chi connectivity index (χ4n) is 1.90. The van der Waals surface area contributed by atoms with Crippen LogP contribution in [0.4, 0.5) is 5.13 Å². The number of likely N-dealkylation sites (N-methyl/N-ethyl adjacent to an activating group) is 2. The molecule has 102 valence electrons. The Kier molecular flexibility index (Phi) is 6.01. The Morgan fingerprint density at radius 1 is 1.56 bits per heavy atom. The van der Waals surface area contributed by atoms with E-state index in [1.54, 1.807) is 18.4 Å². The Morgan fingerprint density at radius 2 is 2.33 bits per heavy atom. The first-order valence-electron chi connectivity index (χ1n) is 5.88. The molecule has 7 heteroatoms. The Morgan fingerprint density at radius 3 is 3.00 bits per heavy atom. The molecule has 0 saturated carbocycles. The van der Waals surface area contributed by atoms with E-state index in [0.717, 1.165) is 36.9 Å². The zero-order chi connectivity index (χ0) is 12.3. The van der Waals surface area contributed by atoms with Crippen molar-refractivity contribution >= 4 is 34.8 Å².